The van der Waals surface area contributed by atoms with E-state index in [2.05, 4.69) is 160 Å². The van der Waals surface area contributed by atoms with Gasteiger partial charge in [-0.15, -0.1) is 22.7 Å². The summed E-state index contributed by atoms with van der Waals surface area (Å²) in [6.45, 7) is 9.66. The van der Waals surface area contributed by atoms with Gasteiger partial charge >= 0.3 is 0 Å². The Morgan fingerprint density at radius 3 is 1.71 bits per heavy atom. The molecule has 0 spiro atoms. The van der Waals surface area contributed by atoms with E-state index in [9.17, 15) is 0 Å². The Labute approximate surface area is 272 Å². The molecule has 0 atom stereocenters. The van der Waals surface area contributed by atoms with E-state index < -0.39 is 0 Å². The molecule has 0 radical (unpaired) electrons. The van der Waals surface area contributed by atoms with Crippen LogP contribution in [0.25, 0.3) is 51.5 Å². The predicted octanol–water partition coefficient (Wildman–Crippen LogP) is 13.1. The second kappa shape index (κ2) is 9.53. The number of nitrogens with zero attached hydrogens (tertiary/aromatic N) is 1. The Kier molecular flexibility index (Phi) is 5.70. The number of anilines is 3. The highest BCUT2D eigenvalue weighted by Gasteiger charge is 2.45. The van der Waals surface area contributed by atoms with Crippen molar-refractivity contribution in [3.8, 4) is 11.1 Å². The fourth-order valence-electron chi connectivity index (χ4n) is 7.50. The molecule has 0 bridgehead atoms. The van der Waals surface area contributed by atoms with Crippen LogP contribution in [0.5, 0.6) is 0 Å². The number of fused-ring (bicyclic) bond motifs is 9. The van der Waals surface area contributed by atoms with Crippen LogP contribution in [-0.4, -0.2) is 0 Å². The lowest BCUT2D eigenvalue weighted by molar-refractivity contribution is 0.299. The Bertz CT molecular complexity index is 2440. The molecule has 2 heterocycles. The van der Waals surface area contributed by atoms with Crippen molar-refractivity contribution in [2.45, 2.75) is 38.5 Å². The first kappa shape index (κ1) is 26.9. The zero-order valence-electron chi connectivity index (χ0n) is 25.9. The molecule has 0 unspecified atom stereocenters. The molecule has 9 rings (SSSR count). The molecule has 1 aliphatic carbocycles. The zero-order chi connectivity index (χ0) is 30.5. The van der Waals surface area contributed by atoms with Crippen molar-refractivity contribution in [1.29, 1.82) is 0 Å². The lowest BCUT2D eigenvalue weighted by atomic mass is 9.55. The highest BCUT2D eigenvalue weighted by Crippen LogP contribution is 2.55. The van der Waals surface area contributed by atoms with Crippen LogP contribution in [0.1, 0.15) is 38.8 Å². The van der Waals surface area contributed by atoms with Crippen LogP contribution in [0.3, 0.4) is 0 Å². The number of thiophene rings is 2. The number of benzene rings is 6. The lowest BCUT2D eigenvalue weighted by Gasteiger charge is -2.48. The SMILES string of the molecule is CC1(C)c2ccccc2-c2cc3c(cc2C1(C)C)sc1ccc(N(c2ccccc2)c2ccc4sc5ccccc5c4c2)cc13. The van der Waals surface area contributed by atoms with E-state index in [0.717, 1.165) is 5.69 Å². The average molecular weight is 616 g/mol. The van der Waals surface area contributed by atoms with Crippen molar-refractivity contribution in [3.05, 3.63) is 139 Å². The van der Waals surface area contributed by atoms with E-state index in [1.54, 1.807) is 0 Å². The summed E-state index contributed by atoms with van der Waals surface area (Å²) >= 11 is 3.78. The van der Waals surface area contributed by atoms with Gasteiger partial charge in [0.15, 0.2) is 0 Å². The fraction of sp³-hybridized carbons (Fsp3) is 0.143. The van der Waals surface area contributed by atoms with E-state index in [0.29, 0.717) is 0 Å². The number of hydrogen-bond acceptors (Lipinski definition) is 3. The van der Waals surface area contributed by atoms with Crippen LogP contribution < -0.4 is 4.90 Å². The third-order valence-electron chi connectivity index (χ3n) is 10.6. The molecule has 3 heteroatoms. The molecule has 45 heavy (non-hydrogen) atoms. The van der Waals surface area contributed by atoms with Crippen molar-refractivity contribution >= 4 is 80.1 Å². The van der Waals surface area contributed by atoms with Crippen LogP contribution >= 0.6 is 22.7 Å². The van der Waals surface area contributed by atoms with Crippen LogP contribution in [0, 0.1) is 0 Å². The van der Waals surface area contributed by atoms with Crippen molar-refractivity contribution in [1.82, 2.24) is 0 Å². The third-order valence-corrected chi connectivity index (χ3v) is 12.9. The van der Waals surface area contributed by atoms with Gasteiger partial charge in [-0.1, -0.05) is 88.4 Å². The van der Waals surface area contributed by atoms with Crippen molar-refractivity contribution in [2.24, 2.45) is 0 Å². The first-order chi connectivity index (χ1) is 21.8. The van der Waals surface area contributed by atoms with Crippen LogP contribution in [0.15, 0.2) is 127 Å². The minimum atomic E-state index is 0.000786. The van der Waals surface area contributed by atoms with Crippen LogP contribution in [0.2, 0.25) is 0 Å². The first-order valence-electron chi connectivity index (χ1n) is 15.7. The summed E-state index contributed by atoms with van der Waals surface area (Å²) in [5.74, 6) is 0. The standard InChI is InChI=1S/C42H33NS2/c1-41(2)35-16-10-8-14-29(35)31-24-34-33-23-28(19-21-39(33)45-40(34)25-36(31)42(41,3)4)43(26-12-6-5-7-13-26)27-18-20-38-32(22-27)30-15-9-11-17-37(30)44-38/h5-25H,1-4H3. The van der Waals surface area contributed by atoms with Gasteiger partial charge in [-0.3, -0.25) is 0 Å². The maximum absolute atomic E-state index is 2.50. The van der Waals surface area contributed by atoms with Gasteiger partial charge in [-0.2, -0.15) is 0 Å². The molecule has 1 nitrogen and oxygen atoms in total. The van der Waals surface area contributed by atoms with Crippen molar-refractivity contribution < 1.29 is 0 Å². The number of hydrogen-bond donors (Lipinski definition) is 0. The molecule has 0 saturated carbocycles. The first-order valence-corrected chi connectivity index (χ1v) is 17.3. The van der Waals surface area contributed by atoms with Gasteiger partial charge in [0.2, 0.25) is 0 Å². The van der Waals surface area contributed by atoms with Gasteiger partial charge < -0.3 is 4.90 Å². The molecule has 0 saturated heterocycles. The normalized spacial score (nSPS) is 15.0. The monoisotopic (exact) mass is 615 g/mol. The van der Waals surface area contributed by atoms with Gasteiger partial charge in [-0.05, 0) is 99.8 Å². The van der Waals surface area contributed by atoms with Crippen LogP contribution in [-0.2, 0) is 10.8 Å². The minimum absolute atomic E-state index is 0.000786. The van der Waals surface area contributed by atoms with Gasteiger partial charge in [0, 0.05) is 57.4 Å². The predicted molar refractivity (Wildman–Crippen MR) is 198 cm³/mol. The quantitative estimate of drug-likeness (QED) is 0.191. The molecule has 218 valence electrons. The lowest BCUT2D eigenvalue weighted by Crippen LogP contribution is -2.43. The Morgan fingerprint density at radius 1 is 0.400 bits per heavy atom. The Hall–Kier alpha value is -4.44. The van der Waals surface area contributed by atoms with E-state index in [-0.39, 0.29) is 10.8 Å². The fourth-order valence-corrected chi connectivity index (χ4v) is 9.70. The Morgan fingerprint density at radius 2 is 0.956 bits per heavy atom. The topological polar surface area (TPSA) is 3.24 Å². The average Bonchev–Trinajstić information content (AvgIpc) is 3.61. The third kappa shape index (κ3) is 3.84. The molecule has 0 N–H and O–H groups in total. The number of rotatable bonds is 3. The summed E-state index contributed by atoms with van der Waals surface area (Å²) in [7, 11) is 0. The van der Waals surface area contributed by atoms with Gasteiger partial charge in [0.05, 0.1) is 0 Å². The second-order valence-corrected chi connectivity index (χ2v) is 15.6. The highest BCUT2D eigenvalue weighted by molar-refractivity contribution is 7.26. The smallest absolute Gasteiger partial charge is 0.0468 e. The molecule has 0 amide bonds. The molecule has 6 aromatic carbocycles. The van der Waals surface area contributed by atoms with Gasteiger partial charge in [-0.25, -0.2) is 0 Å². The van der Waals surface area contributed by atoms with Gasteiger partial charge in [0.1, 0.15) is 0 Å². The molecular weight excluding hydrogens is 583 g/mol. The molecule has 1 aliphatic rings. The second-order valence-electron chi connectivity index (χ2n) is 13.4. The summed E-state index contributed by atoms with van der Waals surface area (Å²) < 4.78 is 5.34. The molecular formula is C42H33NS2. The maximum atomic E-state index is 2.50. The van der Waals surface area contributed by atoms with E-state index in [4.69, 9.17) is 0 Å². The Balaban J connectivity index is 1.27. The molecule has 8 aromatic rings. The summed E-state index contributed by atoms with van der Waals surface area (Å²) in [5, 5.41) is 5.29. The van der Waals surface area contributed by atoms with Crippen LogP contribution in [0.4, 0.5) is 17.1 Å². The summed E-state index contributed by atoms with van der Waals surface area (Å²) in [5.41, 5.74) is 9.17. The number of para-hydroxylation sites is 1. The largest absolute Gasteiger partial charge is 0.310 e. The zero-order valence-corrected chi connectivity index (χ0v) is 27.5. The molecule has 0 fully saturated rings. The summed E-state index contributed by atoms with van der Waals surface area (Å²) in [4.78, 5) is 2.41. The van der Waals surface area contributed by atoms with E-state index in [1.807, 2.05) is 22.7 Å². The van der Waals surface area contributed by atoms with E-state index >= 15 is 0 Å². The maximum Gasteiger partial charge on any atom is 0.0468 e. The summed E-state index contributed by atoms with van der Waals surface area (Å²) in [6.07, 6.45) is 0. The summed E-state index contributed by atoms with van der Waals surface area (Å²) in [6, 6.07) is 47.5. The highest BCUT2D eigenvalue weighted by atomic mass is 32.1. The van der Waals surface area contributed by atoms with Crippen molar-refractivity contribution in [2.75, 3.05) is 4.90 Å². The minimum Gasteiger partial charge on any atom is -0.310 e. The van der Waals surface area contributed by atoms with Crippen molar-refractivity contribution in [3.63, 3.8) is 0 Å². The molecule has 0 aliphatic heterocycles. The van der Waals surface area contributed by atoms with E-state index in [1.165, 1.54) is 74.0 Å². The van der Waals surface area contributed by atoms with Gasteiger partial charge in [0.25, 0.3) is 0 Å². The molecule has 2 aromatic heterocycles.